The third-order valence-electron chi connectivity index (χ3n) is 7.03. The van der Waals surface area contributed by atoms with E-state index >= 15 is 0 Å². The number of nitrogens with zero attached hydrogens (tertiary/aromatic N) is 2. The Morgan fingerprint density at radius 1 is 0.917 bits per heavy atom. The first-order valence-electron chi connectivity index (χ1n) is 15.0. The smallest absolute Gasteiger partial charge is 0.347 e. The van der Waals surface area contributed by atoms with Crippen molar-refractivity contribution in [1.82, 2.24) is 15.1 Å². The summed E-state index contributed by atoms with van der Waals surface area (Å²) in [5, 5.41) is 21.9. The molecule has 1 aromatic heterocycles. The van der Waals surface area contributed by atoms with Crippen molar-refractivity contribution < 1.29 is 52.7 Å². The van der Waals surface area contributed by atoms with Crippen LogP contribution in [0.25, 0.3) is 11.0 Å². The van der Waals surface area contributed by atoms with Gasteiger partial charge in [0.05, 0.1) is 20.2 Å². The van der Waals surface area contributed by atoms with E-state index in [1.165, 1.54) is 49.0 Å². The number of nitrogens with one attached hydrogen (secondary N) is 1. The van der Waals surface area contributed by atoms with E-state index in [1.807, 2.05) is 4.90 Å². The maximum atomic E-state index is 13.5. The van der Waals surface area contributed by atoms with Crippen molar-refractivity contribution in [2.24, 2.45) is 0 Å². The van der Waals surface area contributed by atoms with Crippen LogP contribution in [0.15, 0.2) is 76.7 Å². The number of methoxy groups -OCH3 is 1. The van der Waals surface area contributed by atoms with Crippen molar-refractivity contribution in [3.63, 3.8) is 0 Å². The summed E-state index contributed by atoms with van der Waals surface area (Å²) in [5.41, 5.74) is -0.468. The van der Waals surface area contributed by atoms with Gasteiger partial charge in [-0.2, -0.15) is 0 Å². The third kappa shape index (κ3) is 10.8. The first kappa shape index (κ1) is 35.3. The van der Waals surface area contributed by atoms with Crippen molar-refractivity contribution in [2.45, 2.75) is 0 Å². The number of ether oxygens (including phenoxy) is 5. The van der Waals surface area contributed by atoms with E-state index in [-0.39, 0.29) is 48.8 Å². The number of benzene rings is 2. The Bertz CT molecular complexity index is 1670. The van der Waals surface area contributed by atoms with Gasteiger partial charge in [0.15, 0.2) is 11.5 Å². The Morgan fingerprint density at radius 3 is 2.46 bits per heavy atom. The van der Waals surface area contributed by atoms with Gasteiger partial charge in [0.25, 0.3) is 0 Å². The summed E-state index contributed by atoms with van der Waals surface area (Å²) in [5.74, 6) is -1.69. The summed E-state index contributed by atoms with van der Waals surface area (Å²) in [6.45, 7) is 1.45. The molecule has 3 N–H and O–H groups in total. The van der Waals surface area contributed by atoms with Crippen LogP contribution in [0.1, 0.15) is 15.9 Å². The second kappa shape index (κ2) is 18.0. The monoisotopic (exact) mass is 667 g/mol. The Balaban J connectivity index is 1.53. The SMILES string of the molecule is COc1ccc2cc(C(=O)c3ccc4c(c3)OCCN/C=C\O/C=C\OCCN(CCN(CC(=O)O)CC(=O)O)CCO4)c(=O)oc2c1. The number of fused-ring (bicyclic) bond motifs is 2. The largest absolute Gasteiger partial charge is 0.497 e. The molecular formula is C33H37N3O12. The molecule has 0 fully saturated rings. The number of ketones is 1. The lowest BCUT2D eigenvalue weighted by Gasteiger charge is -2.26. The lowest BCUT2D eigenvalue weighted by atomic mass is 10.0. The van der Waals surface area contributed by atoms with E-state index < -0.39 is 36.4 Å². The number of hydrogen-bond donors (Lipinski definition) is 3. The molecule has 0 saturated heterocycles. The molecule has 1 aliphatic rings. The van der Waals surface area contributed by atoms with Crippen LogP contribution in [-0.4, -0.2) is 110 Å². The Labute approximate surface area is 275 Å². The maximum Gasteiger partial charge on any atom is 0.347 e. The molecule has 4 rings (SSSR count). The second-order valence-corrected chi connectivity index (χ2v) is 10.4. The topological polar surface area (TPSA) is 187 Å². The van der Waals surface area contributed by atoms with Gasteiger partial charge in [0, 0.05) is 55.9 Å². The zero-order chi connectivity index (χ0) is 34.3. The molecule has 0 spiro atoms. The molecular weight excluding hydrogens is 630 g/mol. The van der Waals surface area contributed by atoms with Crippen molar-refractivity contribution in [1.29, 1.82) is 0 Å². The van der Waals surface area contributed by atoms with Gasteiger partial charge in [0.1, 0.15) is 55.5 Å². The zero-order valence-corrected chi connectivity index (χ0v) is 26.3. The minimum atomic E-state index is -1.13. The minimum absolute atomic E-state index is 0.146. The molecule has 0 aliphatic carbocycles. The molecule has 15 nitrogen and oxygen atoms in total. The molecule has 15 heteroatoms. The van der Waals surface area contributed by atoms with Crippen molar-refractivity contribution in [3.8, 4) is 17.2 Å². The van der Waals surface area contributed by atoms with E-state index in [0.29, 0.717) is 43.1 Å². The maximum absolute atomic E-state index is 13.5. The minimum Gasteiger partial charge on any atom is -0.497 e. The molecule has 0 unspecified atom stereocenters. The highest BCUT2D eigenvalue weighted by atomic mass is 16.5. The first-order valence-corrected chi connectivity index (χ1v) is 15.0. The van der Waals surface area contributed by atoms with Crippen molar-refractivity contribution in [2.75, 3.05) is 72.7 Å². The van der Waals surface area contributed by atoms with Crippen LogP contribution >= 0.6 is 0 Å². The van der Waals surface area contributed by atoms with Gasteiger partial charge in [-0.1, -0.05) is 0 Å². The van der Waals surface area contributed by atoms with Crippen molar-refractivity contribution >= 4 is 28.7 Å². The Kier molecular flexibility index (Phi) is 13.2. The fourth-order valence-electron chi connectivity index (χ4n) is 4.67. The molecule has 256 valence electrons. The van der Waals surface area contributed by atoms with Gasteiger partial charge in [-0.25, -0.2) is 4.79 Å². The van der Waals surface area contributed by atoms with Gasteiger partial charge >= 0.3 is 17.6 Å². The number of carboxylic acids is 2. The second-order valence-electron chi connectivity index (χ2n) is 10.4. The van der Waals surface area contributed by atoms with E-state index in [4.69, 9.17) is 28.1 Å². The van der Waals surface area contributed by atoms with Gasteiger partial charge in [-0.3, -0.25) is 24.2 Å². The lowest BCUT2D eigenvalue weighted by Crippen LogP contribution is -2.42. The summed E-state index contributed by atoms with van der Waals surface area (Å²) in [6.07, 6.45) is 5.73. The molecule has 48 heavy (non-hydrogen) atoms. The molecule has 2 heterocycles. The molecule has 0 radical (unpaired) electrons. The normalized spacial score (nSPS) is 16.0. The molecule has 0 bridgehead atoms. The lowest BCUT2D eigenvalue weighted by molar-refractivity contribution is -0.141. The van der Waals surface area contributed by atoms with E-state index in [0.717, 1.165) is 0 Å². The van der Waals surface area contributed by atoms with Crippen LogP contribution in [-0.2, 0) is 19.1 Å². The van der Waals surface area contributed by atoms with Crippen LogP contribution in [0.3, 0.4) is 0 Å². The van der Waals surface area contributed by atoms with Gasteiger partial charge < -0.3 is 43.6 Å². The predicted molar refractivity (Wildman–Crippen MR) is 171 cm³/mol. The summed E-state index contributed by atoms with van der Waals surface area (Å²) >= 11 is 0. The first-order chi connectivity index (χ1) is 23.2. The average Bonchev–Trinajstić information content (AvgIpc) is 3.05. The highest BCUT2D eigenvalue weighted by molar-refractivity contribution is 6.10. The van der Waals surface area contributed by atoms with Crippen molar-refractivity contribution in [3.05, 3.63) is 89.0 Å². The number of carbonyl (C=O) groups is 3. The van der Waals surface area contributed by atoms with Crippen LogP contribution < -0.4 is 25.2 Å². The fourth-order valence-corrected chi connectivity index (χ4v) is 4.67. The average molecular weight is 668 g/mol. The summed E-state index contributed by atoms with van der Waals surface area (Å²) < 4.78 is 33.3. The Hall–Kier alpha value is -5.54. The molecule has 0 saturated carbocycles. The number of rotatable bonds is 10. The van der Waals surface area contributed by atoms with Crippen LogP contribution in [0.4, 0.5) is 0 Å². The summed E-state index contributed by atoms with van der Waals surface area (Å²) in [7, 11) is 1.50. The predicted octanol–water partition coefficient (Wildman–Crippen LogP) is 2.14. The highest BCUT2D eigenvalue weighted by Crippen LogP contribution is 2.30. The molecule has 0 atom stereocenters. The third-order valence-corrected chi connectivity index (χ3v) is 7.03. The van der Waals surface area contributed by atoms with Gasteiger partial charge in [-0.05, 0) is 36.4 Å². The Morgan fingerprint density at radius 2 is 1.69 bits per heavy atom. The molecule has 3 aromatic rings. The molecule has 1 aliphatic heterocycles. The van der Waals surface area contributed by atoms with Crippen LogP contribution in [0.5, 0.6) is 17.2 Å². The highest BCUT2D eigenvalue weighted by Gasteiger charge is 2.20. The number of aliphatic carboxylic acids is 2. The van der Waals surface area contributed by atoms with Gasteiger partial charge in [-0.15, -0.1) is 0 Å². The molecule has 2 aromatic carbocycles. The van der Waals surface area contributed by atoms with E-state index in [2.05, 4.69) is 5.32 Å². The van der Waals surface area contributed by atoms with Crippen LogP contribution in [0.2, 0.25) is 0 Å². The molecule has 0 amide bonds. The zero-order valence-electron chi connectivity index (χ0n) is 26.3. The quantitative estimate of drug-likeness (QED) is 0.211. The number of carboxylic acid groups (broad SMARTS) is 2. The standard InChI is InChI=1S/C33H37N3O12/c1-43-25-4-2-23-18-26(33(42)48-28(23)20-25)32(41)24-3-5-27-29(19-24)46-13-7-34-6-12-44-16-17-45-14-10-35(11-15-47-27)8-9-36(21-30(37)38)22-31(39)40/h2-6,12,16-20,34H,7-11,13-15,21-22H2,1H3,(H,37,38)(H,39,40)/b12-6-,17-16-. The number of hydrogen-bond acceptors (Lipinski definition) is 13. The van der Waals surface area contributed by atoms with E-state index in [1.54, 1.807) is 30.5 Å². The number of carbonyl (C=O) groups excluding carboxylic acids is 1. The fraction of sp³-hybridized carbons (Fsp3) is 0.333. The summed E-state index contributed by atoms with van der Waals surface area (Å²) in [6, 6.07) is 11.0. The van der Waals surface area contributed by atoms with Gasteiger partial charge in [0.2, 0.25) is 5.78 Å². The van der Waals surface area contributed by atoms with Crippen LogP contribution in [0, 0.1) is 0 Å². The summed E-state index contributed by atoms with van der Waals surface area (Å²) in [4.78, 5) is 52.0. The van der Waals surface area contributed by atoms with E-state index in [9.17, 15) is 29.4 Å².